The van der Waals surface area contributed by atoms with Gasteiger partial charge in [-0.3, -0.25) is 18.6 Å². The summed E-state index contributed by atoms with van der Waals surface area (Å²) in [5.41, 5.74) is 5.33. The number of carboxylic acid groups (broad SMARTS) is 1. The molecule has 3 atom stereocenters. The van der Waals surface area contributed by atoms with Crippen LogP contribution in [0.4, 0.5) is 0 Å². The Hall–Kier alpha value is -1.29. The van der Waals surface area contributed by atoms with Crippen LogP contribution in [0.3, 0.4) is 0 Å². The Morgan fingerprint density at radius 2 is 1.08 bits per heavy atom. The summed E-state index contributed by atoms with van der Waals surface area (Å²) in [5, 5.41) is 8.86. The van der Waals surface area contributed by atoms with Gasteiger partial charge in [0.2, 0.25) is 0 Å². The molecule has 0 radical (unpaired) electrons. The van der Waals surface area contributed by atoms with Crippen molar-refractivity contribution >= 4 is 19.8 Å². The van der Waals surface area contributed by atoms with Gasteiger partial charge in [0.25, 0.3) is 0 Å². The first-order chi connectivity index (χ1) is 23.2. The van der Waals surface area contributed by atoms with Gasteiger partial charge in [-0.2, -0.15) is 0 Å². The van der Waals surface area contributed by atoms with Crippen LogP contribution in [-0.2, 0) is 32.7 Å². The minimum Gasteiger partial charge on any atom is -0.480 e. The van der Waals surface area contributed by atoms with Gasteiger partial charge in [-0.15, -0.1) is 0 Å². The largest absolute Gasteiger partial charge is 0.480 e. The number of rotatable bonds is 37. The third kappa shape index (κ3) is 33.2. The molecule has 11 heteroatoms. The van der Waals surface area contributed by atoms with E-state index in [1.54, 1.807) is 0 Å². The number of carboxylic acids is 1. The van der Waals surface area contributed by atoms with Gasteiger partial charge < -0.3 is 25.2 Å². The van der Waals surface area contributed by atoms with E-state index in [0.717, 1.165) is 51.4 Å². The molecule has 4 N–H and O–H groups in total. The number of ether oxygens (including phenoxy) is 2. The Bertz CT molecular complexity index is 827. The standard InChI is InChI=1S/C37H72NO9P/c1-3-5-7-9-11-13-15-17-18-19-21-23-25-27-29-36(39)47-34(32-45-48(42,43)46-33-35(38)37(40)41)31-44-30-28-26-24-22-20-16-14-12-10-8-6-4-2/h15,17,34-35H,3-14,16,18-33,38H2,1-2H3,(H,40,41)(H,42,43)/b17-15-. The highest BCUT2D eigenvalue weighted by atomic mass is 31.2. The third-order valence-electron chi connectivity index (χ3n) is 8.29. The highest BCUT2D eigenvalue weighted by Crippen LogP contribution is 2.43. The van der Waals surface area contributed by atoms with Gasteiger partial charge in [-0.1, -0.05) is 142 Å². The van der Waals surface area contributed by atoms with Gasteiger partial charge in [-0.05, 0) is 38.5 Å². The zero-order chi connectivity index (χ0) is 35.6. The lowest BCUT2D eigenvalue weighted by atomic mass is 10.1. The Morgan fingerprint density at radius 3 is 1.58 bits per heavy atom. The number of phosphoric acid groups is 1. The predicted octanol–water partition coefficient (Wildman–Crippen LogP) is 9.81. The fraction of sp³-hybridized carbons (Fsp3) is 0.892. The number of hydrogen-bond donors (Lipinski definition) is 3. The van der Waals surface area contributed by atoms with Crippen molar-refractivity contribution in [3.8, 4) is 0 Å². The maximum atomic E-state index is 12.5. The maximum absolute atomic E-state index is 12.5. The summed E-state index contributed by atoms with van der Waals surface area (Å²) in [4.78, 5) is 33.4. The summed E-state index contributed by atoms with van der Waals surface area (Å²) in [6.07, 6.45) is 32.6. The van der Waals surface area contributed by atoms with Crippen LogP contribution in [0.25, 0.3) is 0 Å². The van der Waals surface area contributed by atoms with Crippen molar-refractivity contribution in [3.05, 3.63) is 12.2 Å². The topological polar surface area (TPSA) is 155 Å². The van der Waals surface area contributed by atoms with E-state index in [1.807, 2.05) is 0 Å². The summed E-state index contributed by atoms with van der Waals surface area (Å²) < 4.78 is 33.2. The molecular weight excluding hydrogens is 633 g/mol. The van der Waals surface area contributed by atoms with Crippen LogP contribution < -0.4 is 5.73 Å². The molecule has 3 unspecified atom stereocenters. The Morgan fingerprint density at radius 1 is 0.646 bits per heavy atom. The second kappa shape index (κ2) is 34.2. The van der Waals surface area contributed by atoms with Gasteiger partial charge >= 0.3 is 19.8 Å². The average Bonchev–Trinajstić information content (AvgIpc) is 3.06. The fourth-order valence-corrected chi connectivity index (χ4v) is 6.02. The quantitative estimate of drug-likeness (QED) is 0.0246. The summed E-state index contributed by atoms with van der Waals surface area (Å²) in [7, 11) is -4.60. The van der Waals surface area contributed by atoms with Crippen molar-refractivity contribution in [1.29, 1.82) is 0 Å². The summed E-state index contributed by atoms with van der Waals surface area (Å²) in [5.74, 6) is -1.78. The van der Waals surface area contributed by atoms with Crippen LogP contribution in [0.1, 0.15) is 174 Å². The molecule has 10 nitrogen and oxygen atoms in total. The monoisotopic (exact) mass is 705 g/mol. The van der Waals surface area contributed by atoms with Crippen molar-refractivity contribution < 1.29 is 42.7 Å². The van der Waals surface area contributed by atoms with Crippen LogP contribution >= 0.6 is 7.82 Å². The number of esters is 1. The van der Waals surface area contributed by atoms with E-state index in [-0.39, 0.29) is 13.0 Å². The smallest absolute Gasteiger partial charge is 0.472 e. The molecule has 48 heavy (non-hydrogen) atoms. The van der Waals surface area contributed by atoms with E-state index in [0.29, 0.717) is 13.0 Å². The number of allylic oxidation sites excluding steroid dienone is 2. The molecule has 0 bridgehead atoms. The van der Waals surface area contributed by atoms with Crippen molar-refractivity contribution in [2.75, 3.05) is 26.4 Å². The first-order valence-corrected chi connectivity index (χ1v) is 20.7. The number of carbonyl (C=O) groups excluding carboxylic acids is 1. The molecule has 0 aliphatic heterocycles. The first-order valence-electron chi connectivity index (χ1n) is 19.2. The van der Waals surface area contributed by atoms with Crippen LogP contribution in [-0.4, -0.2) is 60.5 Å². The molecule has 0 fully saturated rings. The molecule has 0 saturated carbocycles. The predicted molar refractivity (Wildman–Crippen MR) is 194 cm³/mol. The van der Waals surface area contributed by atoms with E-state index in [4.69, 9.17) is 24.8 Å². The molecule has 0 amide bonds. The normalized spacial score (nSPS) is 14.2. The third-order valence-corrected chi connectivity index (χ3v) is 9.25. The first kappa shape index (κ1) is 46.7. The van der Waals surface area contributed by atoms with E-state index in [1.165, 1.54) is 96.3 Å². The van der Waals surface area contributed by atoms with E-state index in [9.17, 15) is 19.0 Å². The molecule has 0 saturated heterocycles. The number of phosphoric ester groups is 1. The Balaban J connectivity index is 4.30. The van der Waals surface area contributed by atoms with Crippen LogP contribution in [0.15, 0.2) is 12.2 Å². The second-order valence-electron chi connectivity index (χ2n) is 13.1. The van der Waals surface area contributed by atoms with Crippen molar-refractivity contribution in [2.24, 2.45) is 5.73 Å². The zero-order valence-electron chi connectivity index (χ0n) is 30.6. The Labute approximate surface area is 292 Å². The molecule has 0 heterocycles. The zero-order valence-corrected chi connectivity index (χ0v) is 31.5. The summed E-state index contributed by atoms with van der Waals surface area (Å²) in [6.45, 7) is 3.86. The van der Waals surface area contributed by atoms with E-state index in [2.05, 4.69) is 30.5 Å². The molecule has 0 rings (SSSR count). The fourth-order valence-electron chi connectivity index (χ4n) is 5.24. The van der Waals surface area contributed by atoms with E-state index < -0.39 is 45.1 Å². The molecule has 284 valence electrons. The lowest BCUT2D eigenvalue weighted by Crippen LogP contribution is -2.34. The number of hydrogen-bond acceptors (Lipinski definition) is 8. The highest BCUT2D eigenvalue weighted by Gasteiger charge is 2.27. The lowest BCUT2D eigenvalue weighted by Gasteiger charge is -2.20. The number of nitrogens with two attached hydrogens (primary N) is 1. The van der Waals surface area contributed by atoms with Crippen LogP contribution in [0, 0.1) is 0 Å². The molecule has 0 spiro atoms. The molecule has 0 aliphatic carbocycles. The van der Waals surface area contributed by atoms with Crippen molar-refractivity contribution in [1.82, 2.24) is 0 Å². The van der Waals surface area contributed by atoms with Crippen molar-refractivity contribution in [2.45, 2.75) is 187 Å². The van der Waals surface area contributed by atoms with E-state index >= 15 is 0 Å². The minimum absolute atomic E-state index is 0.0185. The van der Waals surface area contributed by atoms with Gasteiger partial charge in [0.15, 0.2) is 0 Å². The highest BCUT2D eigenvalue weighted by molar-refractivity contribution is 7.47. The molecule has 0 aromatic heterocycles. The molecule has 0 aromatic rings. The molecular formula is C37H72NO9P. The maximum Gasteiger partial charge on any atom is 0.472 e. The number of aliphatic carboxylic acids is 1. The molecule has 0 aliphatic rings. The van der Waals surface area contributed by atoms with Gasteiger partial charge in [-0.25, -0.2) is 4.57 Å². The van der Waals surface area contributed by atoms with Crippen LogP contribution in [0.2, 0.25) is 0 Å². The van der Waals surface area contributed by atoms with Crippen LogP contribution in [0.5, 0.6) is 0 Å². The van der Waals surface area contributed by atoms with Gasteiger partial charge in [0.1, 0.15) is 12.1 Å². The van der Waals surface area contributed by atoms with Gasteiger partial charge in [0.05, 0.1) is 19.8 Å². The summed E-state index contributed by atoms with van der Waals surface area (Å²) in [6, 6.07) is -1.47. The summed E-state index contributed by atoms with van der Waals surface area (Å²) >= 11 is 0. The average molecular weight is 706 g/mol. The van der Waals surface area contributed by atoms with Crippen molar-refractivity contribution in [3.63, 3.8) is 0 Å². The second-order valence-corrected chi connectivity index (χ2v) is 14.5. The Kier molecular flexibility index (Phi) is 33.3. The van der Waals surface area contributed by atoms with Gasteiger partial charge in [0, 0.05) is 13.0 Å². The SMILES string of the molecule is CCCCCCC/C=C\CCCCCCCC(=O)OC(COCCCCCCCCCCCCCC)COP(=O)(O)OCC(N)C(=O)O. The minimum atomic E-state index is -4.60. The number of carbonyl (C=O) groups is 2. The number of unbranched alkanes of at least 4 members (excludes halogenated alkanes) is 21. The lowest BCUT2D eigenvalue weighted by molar-refractivity contribution is -0.154. The molecule has 0 aromatic carbocycles.